The molecule has 4 rings (SSSR count). The van der Waals surface area contributed by atoms with E-state index in [-0.39, 0.29) is 5.82 Å². The van der Waals surface area contributed by atoms with E-state index in [0.29, 0.717) is 11.5 Å². The van der Waals surface area contributed by atoms with Crippen molar-refractivity contribution in [1.29, 1.82) is 0 Å². The molecule has 0 fully saturated rings. The van der Waals surface area contributed by atoms with Crippen molar-refractivity contribution >= 4 is 17.3 Å². The highest BCUT2D eigenvalue weighted by atomic mass is 32.2. The Morgan fingerprint density at radius 1 is 1.14 bits per heavy atom. The monoisotopic (exact) mass is 393 g/mol. The van der Waals surface area contributed by atoms with Crippen LogP contribution in [0.4, 0.5) is 4.39 Å². The Morgan fingerprint density at radius 2 is 1.96 bits per heavy atom. The number of benzene rings is 2. The fraction of sp³-hybridized carbons (Fsp3) is 0.182. The van der Waals surface area contributed by atoms with Crippen LogP contribution < -0.4 is 4.74 Å². The van der Waals surface area contributed by atoms with Crippen LogP contribution in [0.2, 0.25) is 0 Å². The molecular formula is C22H20FN3OS. The van der Waals surface area contributed by atoms with Crippen molar-refractivity contribution in [3.63, 3.8) is 0 Å². The maximum absolute atomic E-state index is 13.5. The van der Waals surface area contributed by atoms with Gasteiger partial charge in [-0.1, -0.05) is 0 Å². The van der Waals surface area contributed by atoms with Crippen LogP contribution in [0.5, 0.6) is 11.5 Å². The standard InChI is InChI=1S/C22H20FN3OS/c1-14-8-16(23)4-6-20(14)27-21-7-5-17(28-3)9-18(21)19-12-26(2)11-15-10-24-13-25-22(15)19/h4-10,12-13H,11H2,1-3H3. The van der Waals surface area contributed by atoms with E-state index in [0.717, 1.165) is 39.4 Å². The van der Waals surface area contributed by atoms with Gasteiger partial charge in [0.15, 0.2) is 0 Å². The topological polar surface area (TPSA) is 38.2 Å². The molecule has 2 aromatic carbocycles. The molecular weight excluding hydrogens is 373 g/mol. The summed E-state index contributed by atoms with van der Waals surface area (Å²) in [4.78, 5) is 11.9. The molecule has 6 heteroatoms. The van der Waals surface area contributed by atoms with Crippen LogP contribution in [0, 0.1) is 12.7 Å². The second-order valence-electron chi connectivity index (χ2n) is 6.73. The molecule has 0 bridgehead atoms. The van der Waals surface area contributed by atoms with Crippen LogP contribution in [0.25, 0.3) is 5.57 Å². The van der Waals surface area contributed by atoms with Gasteiger partial charge in [0, 0.05) is 47.6 Å². The molecule has 0 saturated carbocycles. The summed E-state index contributed by atoms with van der Waals surface area (Å²) in [6, 6.07) is 10.6. The highest BCUT2D eigenvalue weighted by Gasteiger charge is 2.22. The van der Waals surface area contributed by atoms with Crippen molar-refractivity contribution < 1.29 is 9.13 Å². The van der Waals surface area contributed by atoms with Gasteiger partial charge < -0.3 is 9.64 Å². The molecule has 2 heterocycles. The van der Waals surface area contributed by atoms with Crippen molar-refractivity contribution in [2.45, 2.75) is 18.4 Å². The third-order valence-corrected chi connectivity index (χ3v) is 5.37. The fourth-order valence-corrected chi connectivity index (χ4v) is 3.73. The Bertz CT molecular complexity index is 1070. The van der Waals surface area contributed by atoms with Crippen LogP contribution in [0.1, 0.15) is 22.4 Å². The van der Waals surface area contributed by atoms with Crippen LogP contribution in [-0.4, -0.2) is 28.2 Å². The zero-order valence-corrected chi connectivity index (χ0v) is 16.8. The first kappa shape index (κ1) is 18.5. The largest absolute Gasteiger partial charge is 0.456 e. The molecule has 0 unspecified atom stereocenters. The van der Waals surface area contributed by atoms with Crippen molar-refractivity contribution in [3.8, 4) is 11.5 Å². The second-order valence-corrected chi connectivity index (χ2v) is 7.61. The molecule has 142 valence electrons. The van der Waals surface area contributed by atoms with Gasteiger partial charge in [0.1, 0.15) is 23.6 Å². The molecule has 3 aromatic rings. The summed E-state index contributed by atoms with van der Waals surface area (Å²) < 4.78 is 19.7. The maximum atomic E-state index is 13.5. The quantitative estimate of drug-likeness (QED) is 0.565. The zero-order chi connectivity index (χ0) is 19.7. The molecule has 0 aliphatic carbocycles. The van der Waals surface area contributed by atoms with E-state index in [9.17, 15) is 4.39 Å². The minimum atomic E-state index is -0.273. The summed E-state index contributed by atoms with van der Waals surface area (Å²) >= 11 is 1.67. The molecule has 0 amide bonds. The van der Waals surface area contributed by atoms with E-state index in [1.807, 2.05) is 38.6 Å². The SMILES string of the molecule is CSc1ccc(Oc2ccc(F)cc2C)c(C2=CN(C)Cc3cncnc32)c1. The Labute approximate surface area is 168 Å². The van der Waals surface area contributed by atoms with Gasteiger partial charge in [-0.2, -0.15) is 0 Å². The molecule has 4 nitrogen and oxygen atoms in total. The number of ether oxygens (including phenoxy) is 1. The minimum Gasteiger partial charge on any atom is -0.456 e. The molecule has 28 heavy (non-hydrogen) atoms. The third-order valence-electron chi connectivity index (χ3n) is 4.65. The molecule has 1 aromatic heterocycles. The fourth-order valence-electron chi connectivity index (χ4n) is 3.29. The van der Waals surface area contributed by atoms with Gasteiger partial charge in [-0.3, -0.25) is 0 Å². The Kier molecular flexibility index (Phi) is 5.05. The van der Waals surface area contributed by atoms with E-state index < -0.39 is 0 Å². The summed E-state index contributed by atoms with van der Waals surface area (Å²) in [5.41, 5.74) is 4.66. The van der Waals surface area contributed by atoms with Crippen LogP contribution in [-0.2, 0) is 6.54 Å². The van der Waals surface area contributed by atoms with E-state index in [2.05, 4.69) is 27.1 Å². The predicted molar refractivity (Wildman–Crippen MR) is 110 cm³/mol. The minimum absolute atomic E-state index is 0.273. The van der Waals surface area contributed by atoms with Gasteiger partial charge in [0.25, 0.3) is 0 Å². The lowest BCUT2D eigenvalue weighted by Gasteiger charge is -2.25. The Balaban J connectivity index is 1.84. The number of aromatic nitrogens is 2. The molecule has 0 saturated heterocycles. The van der Waals surface area contributed by atoms with E-state index in [1.165, 1.54) is 12.1 Å². The smallest absolute Gasteiger partial charge is 0.135 e. The van der Waals surface area contributed by atoms with Crippen molar-refractivity contribution in [3.05, 3.63) is 83.3 Å². The first-order chi connectivity index (χ1) is 13.5. The molecule has 1 aliphatic heterocycles. The lowest BCUT2D eigenvalue weighted by molar-refractivity contribution is 0.441. The van der Waals surface area contributed by atoms with Gasteiger partial charge in [-0.25, -0.2) is 14.4 Å². The number of fused-ring (bicyclic) bond motifs is 1. The average Bonchev–Trinajstić information content (AvgIpc) is 2.69. The number of aryl methyl sites for hydroxylation is 1. The molecule has 0 radical (unpaired) electrons. The summed E-state index contributed by atoms with van der Waals surface area (Å²) in [5, 5.41) is 0. The number of hydrogen-bond donors (Lipinski definition) is 0. The van der Waals surface area contributed by atoms with Crippen LogP contribution >= 0.6 is 11.8 Å². The van der Waals surface area contributed by atoms with Gasteiger partial charge in [0.2, 0.25) is 0 Å². The highest BCUT2D eigenvalue weighted by Crippen LogP contribution is 2.39. The first-order valence-corrected chi connectivity index (χ1v) is 10.1. The molecule has 0 N–H and O–H groups in total. The van der Waals surface area contributed by atoms with Gasteiger partial charge in [0.05, 0.1) is 5.69 Å². The van der Waals surface area contributed by atoms with Crippen molar-refractivity contribution in [1.82, 2.24) is 14.9 Å². The summed E-state index contributed by atoms with van der Waals surface area (Å²) in [6.07, 6.45) is 7.55. The van der Waals surface area contributed by atoms with Crippen LogP contribution in [0.3, 0.4) is 0 Å². The summed E-state index contributed by atoms with van der Waals surface area (Å²) in [5.74, 6) is 1.07. The molecule has 1 aliphatic rings. The number of nitrogens with zero attached hydrogens (tertiary/aromatic N) is 3. The predicted octanol–water partition coefficient (Wildman–Crippen LogP) is 5.27. The van der Waals surface area contributed by atoms with Crippen molar-refractivity contribution in [2.75, 3.05) is 13.3 Å². The lowest BCUT2D eigenvalue weighted by atomic mass is 9.96. The zero-order valence-electron chi connectivity index (χ0n) is 15.9. The number of rotatable bonds is 4. The highest BCUT2D eigenvalue weighted by molar-refractivity contribution is 7.98. The molecule has 0 atom stereocenters. The van der Waals surface area contributed by atoms with Crippen LogP contribution in [0.15, 0.2) is 60.0 Å². The van der Waals surface area contributed by atoms with Gasteiger partial charge in [-0.15, -0.1) is 11.8 Å². The molecule has 0 spiro atoms. The third kappa shape index (κ3) is 3.60. The Hall–Kier alpha value is -2.86. The number of halogens is 1. The van der Waals surface area contributed by atoms with E-state index in [4.69, 9.17) is 4.74 Å². The summed E-state index contributed by atoms with van der Waals surface area (Å²) in [7, 11) is 2.03. The summed E-state index contributed by atoms with van der Waals surface area (Å²) in [6.45, 7) is 2.60. The maximum Gasteiger partial charge on any atom is 0.135 e. The van der Waals surface area contributed by atoms with E-state index >= 15 is 0 Å². The Morgan fingerprint density at radius 3 is 2.75 bits per heavy atom. The number of hydrogen-bond acceptors (Lipinski definition) is 5. The second kappa shape index (κ2) is 7.64. The lowest BCUT2D eigenvalue weighted by Crippen LogP contribution is -2.19. The average molecular weight is 393 g/mol. The number of thioether (sulfide) groups is 1. The van der Waals surface area contributed by atoms with Gasteiger partial charge >= 0.3 is 0 Å². The van der Waals surface area contributed by atoms with E-state index in [1.54, 1.807) is 24.2 Å². The van der Waals surface area contributed by atoms with Gasteiger partial charge in [-0.05, 0) is 55.1 Å². The normalized spacial score (nSPS) is 13.1. The van der Waals surface area contributed by atoms with Crippen molar-refractivity contribution in [2.24, 2.45) is 0 Å². The first-order valence-electron chi connectivity index (χ1n) is 8.89.